The molecule has 2 amide bonds. The molecule has 1 aliphatic rings. The monoisotopic (exact) mass is 380 g/mol. The molecule has 144 valence electrons. The highest BCUT2D eigenvalue weighted by atomic mass is 19.4. The van der Waals surface area contributed by atoms with E-state index in [4.69, 9.17) is 0 Å². The van der Waals surface area contributed by atoms with E-state index in [1.165, 1.54) is 6.20 Å². The Kier molecular flexibility index (Phi) is 5.20. The molecule has 0 spiro atoms. The molecular formula is C18H19F3N4O2. The molecular weight excluding hydrogens is 361 g/mol. The second kappa shape index (κ2) is 7.42. The fourth-order valence-electron chi connectivity index (χ4n) is 3.31. The number of benzene rings is 1. The van der Waals surface area contributed by atoms with Crippen molar-refractivity contribution in [2.24, 2.45) is 0 Å². The van der Waals surface area contributed by atoms with E-state index in [0.29, 0.717) is 11.3 Å². The Balaban J connectivity index is 1.59. The van der Waals surface area contributed by atoms with Crippen LogP contribution < -0.4 is 10.6 Å². The van der Waals surface area contributed by atoms with Crippen LogP contribution in [0.15, 0.2) is 30.5 Å². The van der Waals surface area contributed by atoms with Gasteiger partial charge in [-0.1, -0.05) is 18.2 Å². The molecule has 6 nitrogen and oxygen atoms in total. The van der Waals surface area contributed by atoms with E-state index in [1.807, 2.05) is 0 Å². The van der Waals surface area contributed by atoms with Gasteiger partial charge >= 0.3 is 6.18 Å². The summed E-state index contributed by atoms with van der Waals surface area (Å²) in [4.78, 5) is 24.2. The first-order valence-corrected chi connectivity index (χ1v) is 8.47. The van der Waals surface area contributed by atoms with Gasteiger partial charge in [0.1, 0.15) is 0 Å². The first-order chi connectivity index (χ1) is 12.8. The Bertz CT molecular complexity index is 847. The van der Waals surface area contributed by atoms with E-state index in [-0.39, 0.29) is 24.9 Å². The number of rotatable bonds is 4. The minimum atomic E-state index is -4.42. The van der Waals surface area contributed by atoms with E-state index in [9.17, 15) is 22.8 Å². The van der Waals surface area contributed by atoms with Gasteiger partial charge in [-0.2, -0.15) is 18.3 Å². The molecule has 0 fully saturated rings. The summed E-state index contributed by atoms with van der Waals surface area (Å²) in [5.41, 5.74) is 1.71. The van der Waals surface area contributed by atoms with E-state index in [1.54, 1.807) is 31.2 Å². The number of carbonyl (C=O) groups is 2. The van der Waals surface area contributed by atoms with E-state index >= 15 is 0 Å². The summed E-state index contributed by atoms with van der Waals surface area (Å²) >= 11 is 0. The third kappa shape index (κ3) is 4.29. The number of aryl methyl sites for hydroxylation is 1. The molecule has 2 aromatic rings. The lowest BCUT2D eigenvalue weighted by Crippen LogP contribution is -2.46. The van der Waals surface area contributed by atoms with Gasteiger partial charge in [-0.15, -0.1) is 0 Å². The molecule has 2 atom stereocenters. The third-order valence-electron chi connectivity index (χ3n) is 4.66. The Morgan fingerprint density at radius 2 is 2.04 bits per heavy atom. The van der Waals surface area contributed by atoms with E-state index in [0.717, 1.165) is 5.56 Å². The van der Waals surface area contributed by atoms with Gasteiger partial charge in [0.25, 0.3) is 5.91 Å². The highest BCUT2D eigenvalue weighted by Crippen LogP contribution is 2.42. The van der Waals surface area contributed by atoms with Crippen LogP contribution in [0.25, 0.3) is 0 Å². The molecule has 0 aliphatic heterocycles. The number of aromatic nitrogens is 2. The van der Waals surface area contributed by atoms with Crippen molar-refractivity contribution in [1.29, 1.82) is 0 Å². The number of fused-ring (bicyclic) bond motifs is 1. The number of amides is 2. The topological polar surface area (TPSA) is 86.9 Å². The highest BCUT2D eigenvalue weighted by molar-refractivity contribution is 5.97. The van der Waals surface area contributed by atoms with Crippen molar-refractivity contribution >= 4 is 11.8 Å². The van der Waals surface area contributed by atoms with Crippen molar-refractivity contribution in [3.05, 3.63) is 52.8 Å². The maximum Gasteiger partial charge on any atom is 0.395 e. The summed E-state index contributed by atoms with van der Waals surface area (Å²) in [5, 5.41) is 11.3. The molecule has 0 saturated carbocycles. The summed E-state index contributed by atoms with van der Waals surface area (Å²) in [6.07, 6.45) is -3.25. The predicted molar refractivity (Wildman–Crippen MR) is 91.1 cm³/mol. The van der Waals surface area contributed by atoms with Crippen molar-refractivity contribution in [2.75, 3.05) is 6.54 Å². The standard InChI is InChI=1S/C18H19F3N4O2/c1-10-4-2-3-5-12(10)17(27)22-9-16(26)24-11-6-14(18(19,20)21)13-8-23-25-15(13)7-11/h2-5,8,11,14H,6-7,9H2,1H3,(H,22,27)(H,23,25)(H,24,26). The molecule has 9 heteroatoms. The van der Waals surface area contributed by atoms with E-state index in [2.05, 4.69) is 20.8 Å². The number of H-pyrrole nitrogens is 1. The van der Waals surface area contributed by atoms with Crippen molar-refractivity contribution in [2.45, 2.75) is 37.9 Å². The largest absolute Gasteiger partial charge is 0.395 e. The zero-order chi connectivity index (χ0) is 19.6. The summed E-state index contributed by atoms with van der Waals surface area (Å²) in [5.74, 6) is -2.62. The summed E-state index contributed by atoms with van der Waals surface area (Å²) in [6, 6.07) is 6.23. The van der Waals surface area contributed by atoms with Gasteiger partial charge < -0.3 is 10.6 Å². The van der Waals surface area contributed by atoms with Crippen LogP contribution in [0.2, 0.25) is 0 Å². The first kappa shape index (κ1) is 18.9. The zero-order valence-electron chi connectivity index (χ0n) is 14.6. The molecule has 3 N–H and O–H groups in total. The van der Waals surface area contributed by atoms with Crippen LogP contribution in [0, 0.1) is 6.92 Å². The fourth-order valence-corrected chi connectivity index (χ4v) is 3.31. The lowest BCUT2D eigenvalue weighted by atomic mass is 9.83. The number of aromatic amines is 1. The van der Waals surface area contributed by atoms with Gasteiger partial charge in [0, 0.05) is 29.3 Å². The number of hydrogen-bond donors (Lipinski definition) is 3. The summed E-state index contributed by atoms with van der Waals surface area (Å²) in [6.45, 7) is 1.46. The average Bonchev–Trinajstić information content (AvgIpc) is 3.07. The van der Waals surface area contributed by atoms with Gasteiger partial charge in [-0.25, -0.2) is 0 Å². The smallest absolute Gasteiger partial charge is 0.351 e. The number of nitrogens with one attached hydrogen (secondary N) is 3. The number of nitrogens with zero attached hydrogens (tertiary/aromatic N) is 1. The fraction of sp³-hybridized carbons (Fsp3) is 0.389. The second-order valence-corrected chi connectivity index (χ2v) is 6.60. The number of alkyl halides is 3. The van der Waals surface area contributed by atoms with Crippen LogP contribution in [0.1, 0.15) is 39.5 Å². The molecule has 3 rings (SSSR count). The average molecular weight is 380 g/mol. The normalized spacial score (nSPS) is 19.3. The molecule has 2 unspecified atom stereocenters. The summed E-state index contributed by atoms with van der Waals surface area (Å²) < 4.78 is 39.8. The minimum Gasteiger partial charge on any atom is -0.351 e. The third-order valence-corrected chi connectivity index (χ3v) is 4.66. The zero-order valence-corrected chi connectivity index (χ0v) is 14.6. The lowest BCUT2D eigenvalue weighted by Gasteiger charge is -2.30. The molecule has 1 aromatic carbocycles. The van der Waals surface area contributed by atoms with Crippen molar-refractivity contribution < 1.29 is 22.8 Å². The molecule has 1 heterocycles. The van der Waals surface area contributed by atoms with Crippen molar-refractivity contribution in [1.82, 2.24) is 20.8 Å². The van der Waals surface area contributed by atoms with Crippen LogP contribution in [-0.4, -0.2) is 40.8 Å². The molecule has 0 radical (unpaired) electrons. The molecule has 1 aliphatic carbocycles. The maximum atomic E-state index is 13.3. The Morgan fingerprint density at radius 3 is 2.74 bits per heavy atom. The highest BCUT2D eigenvalue weighted by Gasteiger charge is 2.46. The van der Waals surface area contributed by atoms with Gasteiger partial charge in [-0.05, 0) is 25.0 Å². The Hall–Kier alpha value is -2.84. The van der Waals surface area contributed by atoms with Gasteiger partial charge in [0.2, 0.25) is 5.91 Å². The van der Waals surface area contributed by atoms with Gasteiger partial charge in [0.15, 0.2) is 0 Å². The second-order valence-electron chi connectivity index (χ2n) is 6.60. The Labute approximate surface area is 153 Å². The first-order valence-electron chi connectivity index (χ1n) is 8.47. The quantitative estimate of drug-likeness (QED) is 0.760. The van der Waals surface area contributed by atoms with Crippen molar-refractivity contribution in [3.63, 3.8) is 0 Å². The minimum absolute atomic E-state index is 0.126. The molecule has 0 bridgehead atoms. The predicted octanol–water partition coefficient (Wildman–Crippen LogP) is 2.23. The van der Waals surface area contributed by atoms with Crippen LogP contribution in [-0.2, 0) is 11.2 Å². The van der Waals surface area contributed by atoms with Crippen LogP contribution in [0.5, 0.6) is 0 Å². The van der Waals surface area contributed by atoms with Gasteiger partial charge in [0.05, 0.1) is 18.7 Å². The van der Waals surface area contributed by atoms with Gasteiger partial charge in [-0.3, -0.25) is 14.7 Å². The van der Waals surface area contributed by atoms with Crippen LogP contribution in [0.4, 0.5) is 13.2 Å². The summed E-state index contributed by atoms with van der Waals surface area (Å²) in [7, 11) is 0. The molecule has 27 heavy (non-hydrogen) atoms. The lowest BCUT2D eigenvalue weighted by molar-refractivity contribution is -0.155. The van der Waals surface area contributed by atoms with Crippen molar-refractivity contribution in [3.8, 4) is 0 Å². The molecule has 0 saturated heterocycles. The van der Waals surface area contributed by atoms with Crippen LogP contribution in [0.3, 0.4) is 0 Å². The number of carbonyl (C=O) groups excluding carboxylic acids is 2. The SMILES string of the molecule is Cc1ccccc1C(=O)NCC(=O)NC1Cc2[nH]ncc2C(C(F)(F)F)C1. The molecule has 1 aromatic heterocycles. The van der Waals surface area contributed by atoms with Crippen LogP contribution >= 0.6 is 0 Å². The number of halogens is 3. The van der Waals surface area contributed by atoms with E-state index < -0.39 is 30.0 Å². The maximum absolute atomic E-state index is 13.3. The Morgan fingerprint density at radius 1 is 1.30 bits per heavy atom. The number of hydrogen-bond acceptors (Lipinski definition) is 3.